The van der Waals surface area contributed by atoms with Gasteiger partial charge in [0.1, 0.15) is 5.65 Å². The predicted molar refractivity (Wildman–Crippen MR) is 78.7 cm³/mol. The van der Waals surface area contributed by atoms with Gasteiger partial charge in [0.2, 0.25) is 0 Å². The van der Waals surface area contributed by atoms with Crippen molar-refractivity contribution in [3.8, 4) is 16.8 Å². The van der Waals surface area contributed by atoms with Crippen molar-refractivity contribution < 1.29 is 0 Å². The van der Waals surface area contributed by atoms with E-state index in [1.165, 1.54) is 0 Å². The van der Waals surface area contributed by atoms with Crippen LogP contribution in [-0.4, -0.2) is 19.7 Å². The van der Waals surface area contributed by atoms with Crippen LogP contribution in [0, 0.1) is 0 Å². The lowest BCUT2D eigenvalue weighted by molar-refractivity contribution is 0.881. The largest absolute Gasteiger partial charge is 0.346 e. The first kappa shape index (κ1) is 11.0. The number of para-hydroxylation sites is 1. The van der Waals surface area contributed by atoms with Crippen molar-refractivity contribution in [1.82, 2.24) is 19.7 Å². The minimum atomic E-state index is 0.898. The van der Waals surface area contributed by atoms with Crippen LogP contribution in [0.4, 0.5) is 0 Å². The van der Waals surface area contributed by atoms with Crippen LogP contribution in [0.2, 0.25) is 0 Å². The van der Waals surface area contributed by atoms with E-state index in [9.17, 15) is 0 Å². The molecule has 0 bridgehead atoms. The maximum absolute atomic E-state index is 4.44. The molecule has 0 aliphatic carbocycles. The fourth-order valence-electron chi connectivity index (χ4n) is 2.40. The molecule has 0 radical (unpaired) electrons. The van der Waals surface area contributed by atoms with Gasteiger partial charge in [-0.15, -0.1) is 0 Å². The monoisotopic (exact) mass is 260 g/mol. The average molecular weight is 260 g/mol. The summed E-state index contributed by atoms with van der Waals surface area (Å²) < 4.78 is 1.88. The molecule has 3 aromatic heterocycles. The van der Waals surface area contributed by atoms with E-state index in [4.69, 9.17) is 0 Å². The van der Waals surface area contributed by atoms with Gasteiger partial charge in [-0.05, 0) is 29.8 Å². The number of hydrogen-bond donors (Lipinski definition) is 1. The van der Waals surface area contributed by atoms with Gasteiger partial charge in [-0.3, -0.25) is 0 Å². The number of fused-ring (bicyclic) bond motifs is 1. The van der Waals surface area contributed by atoms with Gasteiger partial charge in [-0.25, -0.2) is 9.67 Å². The number of rotatable bonds is 2. The Bertz CT molecular complexity index is 858. The highest BCUT2D eigenvalue weighted by Crippen LogP contribution is 2.26. The first-order valence-electron chi connectivity index (χ1n) is 6.44. The molecule has 0 aliphatic rings. The van der Waals surface area contributed by atoms with Gasteiger partial charge in [0.05, 0.1) is 11.9 Å². The van der Waals surface area contributed by atoms with E-state index >= 15 is 0 Å². The Morgan fingerprint density at radius 2 is 1.90 bits per heavy atom. The van der Waals surface area contributed by atoms with E-state index in [1.54, 1.807) is 0 Å². The molecule has 0 amide bonds. The van der Waals surface area contributed by atoms with Crippen molar-refractivity contribution in [2.45, 2.75) is 0 Å². The number of pyridine rings is 1. The van der Waals surface area contributed by atoms with Crippen molar-refractivity contribution in [1.29, 1.82) is 0 Å². The third kappa shape index (κ3) is 1.70. The van der Waals surface area contributed by atoms with Crippen molar-refractivity contribution in [2.75, 3.05) is 0 Å². The van der Waals surface area contributed by atoms with Gasteiger partial charge in [0, 0.05) is 29.5 Å². The standard InChI is InChI=1S/C16H12N4/c1-2-4-13(5-3-1)20-11-12(10-19-20)14-6-8-17-16-15(14)7-9-18-16/h1-11H,(H,17,18). The molecular weight excluding hydrogens is 248 g/mol. The quantitative estimate of drug-likeness (QED) is 0.600. The summed E-state index contributed by atoms with van der Waals surface area (Å²) in [4.78, 5) is 7.44. The van der Waals surface area contributed by atoms with Crippen LogP contribution >= 0.6 is 0 Å². The molecule has 0 fully saturated rings. The third-order valence-electron chi connectivity index (χ3n) is 3.37. The summed E-state index contributed by atoms with van der Waals surface area (Å²) in [5.41, 5.74) is 4.17. The molecule has 0 saturated heterocycles. The summed E-state index contributed by atoms with van der Waals surface area (Å²) in [7, 11) is 0. The Hall–Kier alpha value is -2.88. The molecule has 3 heterocycles. The maximum Gasteiger partial charge on any atom is 0.137 e. The van der Waals surface area contributed by atoms with E-state index in [-0.39, 0.29) is 0 Å². The minimum absolute atomic E-state index is 0.898. The van der Waals surface area contributed by atoms with Gasteiger partial charge >= 0.3 is 0 Å². The second-order valence-electron chi connectivity index (χ2n) is 4.61. The zero-order valence-corrected chi connectivity index (χ0v) is 10.7. The lowest BCUT2D eigenvalue weighted by Crippen LogP contribution is -1.92. The van der Waals surface area contributed by atoms with Crippen LogP contribution in [0.1, 0.15) is 0 Å². The zero-order chi connectivity index (χ0) is 13.4. The topological polar surface area (TPSA) is 46.5 Å². The Labute approximate surface area is 115 Å². The zero-order valence-electron chi connectivity index (χ0n) is 10.7. The van der Waals surface area contributed by atoms with Gasteiger partial charge in [0.25, 0.3) is 0 Å². The Kier molecular flexibility index (Phi) is 2.39. The summed E-state index contributed by atoms with van der Waals surface area (Å²) in [6.45, 7) is 0. The molecular formula is C16H12N4. The minimum Gasteiger partial charge on any atom is -0.346 e. The van der Waals surface area contributed by atoms with Crippen LogP contribution in [0.15, 0.2) is 67.3 Å². The fourth-order valence-corrected chi connectivity index (χ4v) is 2.40. The molecule has 4 rings (SSSR count). The average Bonchev–Trinajstić information content (AvgIpc) is 3.17. The highest BCUT2D eigenvalue weighted by atomic mass is 15.3. The fraction of sp³-hybridized carbons (Fsp3) is 0. The number of benzene rings is 1. The number of aromatic nitrogens is 4. The number of hydrogen-bond acceptors (Lipinski definition) is 2. The molecule has 0 atom stereocenters. The predicted octanol–water partition coefficient (Wildman–Crippen LogP) is 3.42. The molecule has 1 N–H and O–H groups in total. The summed E-state index contributed by atoms with van der Waals surface area (Å²) in [6, 6.07) is 14.1. The number of aromatic amines is 1. The van der Waals surface area contributed by atoms with Gasteiger partial charge in [0.15, 0.2) is 0 Å². The molecule has 0 spiro atoms. The Morgan fingerprint density at radius 3 is 2.80 bits per heavy atom. The maximum atomic E-state index is 4.44. The van der Waals surface area contributed by atoms with Crippen LogP contribution < -0.4 is 0 Å². The molecule has 4 heteroatoms. The SMILES string of the molecule is c1ccc(-n2cc(-c3ccnc4[nH]ccc34)cn2)cc1. The molecule has 4 nitrogen and oxygen atoms in total. The normalized spacial score (nSPS) is 11.0. The molecule has 0 aliphatic heterocycles. The molecule has 4 aromatic rings. The summed E-state index contributed by atoms with van der Waals surface area (Å²) >= 11 is 0. The second kappa shape index (κ2) is 4.35. The van der Waals surface area contributed by atoms with E-state index in [0.29, 0.717) is 0 Å². The van der Waals surface area contributed by atoms with Crippen molar-refractivity contribution in [2.24, 2.45) is 0 Å². The van der Waals surface area contributed by atoms with E-state index < -0.39 is 0 Å². The first-order valence-corrected chi connectivity index (χ1v) is 6.44. The van der Waals surface area contributed by atoms with E-state index in [1.807, 2.05) is 71.9 Å². The van der Waals surface area contributed by atoms with Crippen LogP contribution in [0.5, 0.6) is 0 Å². The molecule has 20 heavy (non-hydrogen) atoms. The Balaban J connectivity index is 1.84. The molecule has 0 saturated carbocycles. The number of nitrogens with one attached hydrogen (secondary N) is 1. The van der Waals surface area contributed by atoms with Crippen LogP contribution in [-0.2, 0) is 0 Å². The highest BCUT2D eigenvalue weighted by molar-refractivity contribution is 5.92. The van der Waals surface area contributed by atoms with Gasteiger partial charge < -0.3 is 4.98 Å². The summed E-state index contributed by atoms with van der Waals surface area (Å²) in [6.07, 6.45) is 7.64. The Morgan fingerprint density at radius 1 is 1.00 bits per heavy atom. The van der Waals surface area contributed by atoms with Crippen LogP contribution in [0.3, 0.4) is 0 Å². The van der Waals surface area contributed by atoms with E-state index in [2.05, 4.69) is 15.1 Å². The van der Waals surface area contributed by atoms with E-state index in [0.717, 1.165) is 27.8 Å². The summed E-state index contributed by atoms with van der Waals surface area (Å²) in [5.74, 6) is 0. The summed E-state index contributed by atoms with van der Waals surface area (Å²) in [5, 5.41) is 5.55. The molecule has 96 valence electrons. The van der Waals surface area contributed by atoms with Crippen molar-refractivity contribution in [3.63, 3.8) is 0 Å². The smallest absolute Gasteiger partial charge is 0.137 e. The third-order valence-corrected chi connectivity index (χ3v) is 3.37. The van der Waals surface area contributed by atoms with Crippen molar-refractivity contribution >= 4 is 11.0 Å². The second-order valence-corrected chi connectivity index (χ2v) is 4.61. The van der Waals surface area contributed by atoms with Crippen molar-refractivity contribution in [3.05, 3.63) is 67.3 Å². The number of H-pyrrole nitrogens is 1. The number of nitrogens with zero attached hydrogens (tertiary/aromatic N) is 3. The van der Waals surface area contributed by atoms with Gasteiger partial charge in [-0.1, -0.05) is 18.2 Å². The lowest BCUT2D eigenvalue weighted by Gasteiger charge is -2.00. The lowest BCUT2D eigenvalue weighted by atomic mass is 10.1. The highest BCUT2D eigenvalue weighted by Gasteiger charge is 2.08. The van der Waals surface area contributed by atoms with Crippen LogP contribution in [0.25, 0.3) is 27.8 Å². The first-order chi connectivity index (χ1) is 9.92. The molecule has 1 aromatic carbocycles. The molecule has 0 unspecified atom stereocenters. The van der Waals surface area contributed by atoms with Gasteiger partial charge in [-0.2, -0.15) is 5.10 Å².